The number of aromatic nitrogens is 2. The molecule has 2 N–H and O–H groups in total. The largest absolute Gasteiger partial charge is 0.339 e. The molecule has 26 heavy (non-hydrogen) atoms. The number of para-hydroxylation sites is 1. The summed E-state index contributed by atoms with van der Waals surface area (Å²) in [7, 11) is 0. The Balaban J connectivity index is 1.82. The molecule has 0 spiro atoms. The van der Waals surface area contributed by atoms with Crippen LogP contribution in [0, 0.1) is 6.92 Å². The fourth-order valence-corrected chi connectivity index (χ4v) is 2.90. The van der Waals surface area contributed by atoms with E-state index in [0.717, 1.165) is 22.2 Å². The molecule has 0 unspecified atom stereocenters. The first-order chi connectivity index (χ1) is 12.7. The zero-order valence-corrected chi connectivity index (χ0v) is 14.4. The number of carbonyl (C=O) groups excluding carboxylic acids is 1. The Morgan fingerprint density at radius 3 is 2.50 bits per heavy atom. The molecule has 1 amide bonds. The van der Waals surface area contributed by atoms with Crippen LogP contribution in [0.3, 0.4) is 0 Å². The first kappa shape index (κ1) is 16.0. The van der Waals surface area contributed by atoms with Crippen LogP contribution in [0.15, 0.2) is 79.0 Å². The Labute approximate surface area is 151 Å². The lowest BCUT2D eigenvalue weighted by Crippen LogP contribution is -2.19. The number of amides is 1. The van der Waals surface area contributed by atoms with Gasteiger partial charge in [0.05, 0.1) is 23.0 Å². The summed E-state index contributed by atoms with van der Waals surface area (Å²) in [5, 5.41) is 3.75. The third-order valence-corrected chi connectivity index (χ3v) is 4.27. The Bertz CT molecular complexity index is 1070. The highest BCUT2D eigenvalue weighted by atomic mass is 16.1. The molecular formula is C22H18N3O+. The number of H-pyrrole nitrogens is 1. The third-order valence-electron chi connectivity index (χ3n) is 4.27. The van der Waals surface area contributed by atoms with Crippen LogP contribution in [0.5, 0.6) is 0 Å². The third kappa shape index (κ3) is 3.17. The van der Waals surface area contributed by atoms with Crippen molar-refractivity contribution in [3.8, 4) is 11.3 Å². The van der Waals surface area contributed by atoms with Gasteiger partial charge in [0.1, 0.15) is 0 Å². The first-order valence-corrected chi connectivity index (χ1v) is 8.45. The number of hydrogen-bond acceptors (Lipinski definition) is 2. The van der Waals surface area contributed by atoms with Crippen LogP contribution in [0.2, 0.25) is 0 Å². The second-order valence-corrected chi connectivity index (χ2v) is 6.17. The SMILES string of the molecule is Cc1ccc(-c2cc(C(=O)Nc3cccc[nH+]3)c3ccccc3n2)cc1. The number of aryl methyl sites for hydroxylation is 1. The van der Waals surface area contributed by atoms with E-state index in [-0.39, 0.29) is 5.91 Å². The van der Waals surface area contributed by atoms with Gasteiger partial charge in [0, 0.05) is 17.0 Å². The highest BCUT2D eigenvalue weighted by molar-refractivity contribution is 6.12. The van der Waals surface area contributed by atoms with Gasteiger partial charge < -0.3 is 0 Å². The molecule has 4 heteroatoms. The number of carbonyl (C=O) groups is 1. The molecule has 4 rings (SSSR count). The fourth-order valence-electron chi connectivity index (χ4n) is 2.90. The summed E-state index contributed by atoms with van der Waals surface area (Å²) >= 11 is 0. The van der Waals surface area contributed by atoms with Crippen LogP contribution < -0.4 is 10.3 Å². The van der Waals surface area contributed by atoms with Crippen LogP contribution >= 0.6 is 0 Å². The number of nitrogens with one attached hydrogen (secondary N) is 2. The number of benzene rings is 2. The maximum Gasteiger partial charge on any atom is 0.339 e. The Morgan fingerprint density at radius 2 is 1.73 bits per heavy atom. The van der Waals surface area contributed by atoms with E-state index in [2.05, 4.69) is 10.3 Å². The molecule has 0 radical (unpaired) electrons. The number of aromatic amines is 1. The molecule has 2 aromatic carbocycles. The van der Waals surface area contributed by atoms with Gasteiger partial charge in [-0.3, -0.25) is 0 Å². The minimum Gasteiger partial charge on any atom is -0.248 e. The molecule has 2 heterocycles. The monoisotopic (exact) mass is 340 g/mol. The predicted molar refractivity (Wildman–Crippen MR) is 103 cm³/mol. The molecule has 4 aromatic rings. The van der Waals surface area contributed by atoms with E-state index in [1.54, 1.807) is 6.20 Å². The maximum atomic E-state index is 12.9. The minimum absolute atomic E-state index is 0.167. The molecule has 0 aliphatic carbocycles. The summed E-state index contributed by atoms with van der Waals surface area (Å²) < 4.78 is 0. The smallest absolute Gasteiger partial charge is 0.248 e. The van der Waals surface area contributed by atoms with Crippen molar-refractivity contribution < 1.29 is 9.78 Å². The molecule has 0 saturated heterocycles. The number of rotatable bonds is 3. The summed E-state index contributed by atoms with van der Waals surface area (Å²) in [4.78, 5) is 20.7. The van der Waals surface area contributed by atoms with E-state index < -0.39 is 0 Å². The maximum absolute atomic E-state index is 12.9. The van der Waals surface area contributed by atoms with E-state index >= 15 is 0 Å². The average Bonchev–Trinajstić information content (AvgIpc) is 2.68. The summed E-state index contributed by atoms with van der Waals surface area (Å²) in [5.74, 6) is 0.481. The van der Waals surface area contributed by atoms with Gasteiger partial charge in [0.25, 0.3) is 5.82 Å². The van der Waals surface area contributed by atoms with Crippen LogP contribution in [-0.4, -0.2) is 10.9 Å². The van der Waals surface area contributed by atoms with Crippen molar-refractivity contribution >= 4 is 22.6 Å². The molecular weight excluding hydrogens is 322 g/mol. The molecule has 0 aliphatic heterocycles. The van der Waals surface area contributed by atoms with Crippen molar-refractivity contribution in [2.75, 3.05) is 5.32 Å². The molecule has 0 atom stereocenters. The molecule has 0 aliphatic rings. The summed E-state index contributed by atoms with van der Waals surface area (Å²) in [5.41, 5.74) is 4.36. The van der Waals surface area contributed by atoms with Crippen LogP contribution in [0.25, 0.3) is 22.2 Å². The van der Waals surface area contributed by atoms with Gasteiger partial charge in [0.2, 0.25) is 0 Å². The quantitative estimate of drug-likeness (QED) is 0.605. The number of pyridine rings is 2. The van der Waals surface area contributed by atoms with Gasteiger partial charge in [-0.05, 0) is 25.1 Å². The molecule has 126 valence electrons. The van der Waals surface area contributed by atoms with E-state index in [1.165, 1.54) is 5.56 Å². The topological polar surface area (TPSA) is 56.1 Å². The van der Waals surface area contributed by atoms with Crippen molar-refractivity contribution in [1.29, 1.82) is 0 Å². The number of fused-ring (bicyclic) bond motifs is 1. The standard InChI is InChI=1S/C22H17N3O/c1-15-9-11-16(12-10-15)20-14-18(17-6-2-3-7-19(17)24-20)22(26)25-21-8-4-5-13-23-21/h2-14H,1H3,(H,23,25,26)/p+1. The van der Waals surface area contributed by atoms with E-state index in [4.69, 9.17) is 4.98 Å². The molecule has 0 bridgehead atoms. The second-order valence-electron chi connectivity index (χ2n) is 6.17. The molecule has 4 nitrogen and oxygen atoms in total. The van der Waals surface area contributed by atoms with Gasteiger partial charge >= 0.3 is 5.91 Å². The normalized spacial score (nSPS) is 10.7. The minimum atomic E-state index is -0.167. The summed E-state index contributed by atoms with van der Waals surface area (Å²) in [6.07, 6.45) is 1.78. The highest BCUT2D eigenvalue weighted by Crippen LogP contribution is 2.25. The molecule has 0 saturated carbocycles. The van der Waals surface area contributed by atoms with Crippen molar-refractivity contribution in [3.63, 3.8) is 0 Å². The Hall–Kier alpha value is -3.53. The van der Waals surface area contributed by atoms with Gasteiger partial charge in [0.15, 0.2) is 0 Å². The fraction of sp³-hybridized carbons (Fsp3) is 0.0455. The van der Waals surface area contributed by atoms with E-state index in [0.29, 0.717) is 11.4 Å². The van der Waals surface area contributed by atoms with Crippen molar-refractivity contribution in [2.45, 2.75) is 6.92 Å². The van der Waals surface area contributed by atoms with E-state index in [9.17, 15) is 4.79 Å². The zero-order chi connectivity index (χ0) is 17.9. The lowest BCUT2D eigenvalue weighted by Gasteiger charge is -2.08. The van der Waals surface area contributed by atoms with Crippen LogP contribution in [0.1, 0.15) is 15.9 Å². The molecule has 0 fully saturated rings. The van der Waals surface area contributed by atoms with Crippen molar-refractivity contribution in [3.05, 3.63) is 90.1 Å². The summed E-state index contributed by atoms with van der Waals surface area (Å²) in [6.45, 7) is 2.05. The number of anilines is 1. The highest BCUT2D eigenvalue weighted by Gasteiger charge is 2.18. The molecule has 2 aromatic heterocycles. The van der Waals surface area contributed by atoms with E-state index in [1.807, 2.05) is 79.7 Å². The Morgan fingerprint density at radius 1 is 0.962 bits per heavy atom. The van der Waals surface area contributed by atoms with Gasteiger partial charge in [-0.1, -0.05) is 54.1 Å². The van der Waals surface area contributed by atoms with Crippen molar-refractivity contribution in [1.82, 2.24) is 4.98 Å². The number of hydrogen-bond donors (Lipinski definition) is 1. The van der Waals surface area contributed by atoms with Gasteiger partial charge in [-0.15, -0.1) is 0 Å². The van der Waals surface area contributed by atoms with Gasteiger partial charge in [-0.2, -0.15) is 0 Å². The lowest BCUT2D eigenvalue weighted by atomic mass is 10.0. The first-order valence-electron chi connectivity index (χ1n) is 8.45. The van der Waals surface area contributed by atoms with Crippen LogP contribution in [-0.2, 0) is 0 Å². The second kappa shape index (κ2) is 6.76. The van der Waals surface area contributed by atoms with Crippen LogP contribution in [0.4, 0.5) is 5.82 Å². The average molecular weight is 340 g/mol. The summed E-state index contributed by atoms with van der Waals surface area (Å²) in [6, 6.07) is 23.3. The predicted octanol–water partition coefficient (Wildman–Crippen LogP) is 4.28. The Kier molecular flexibility index (Phi) is 4.15. The van der Waals surface area contributed by atoms with Gasteiger partial charge in [-0.25, -0.2) is 20.1 Å². The number of nitrogens with zero attached hydrogens (tertiary/aromatic N) is 1. The zero-order valence-electron chi connectivity index (χ0n) is 14.4. The van der Waals surface area contributed by atoms with Crippen molar-refractivity contribution in [2.24, 2.45) is 0 Å². The lowest BCUT2D eigenvalue weighted by molar-refractivity contribution is -0.360.